The fraction of sp³-hybridized carbons (Fsp3) is 0.345. The van der Waals surface area contributed by atoms with E-state index in [1.165, 1.54) is 21.9 Å². The molecule has 2 aliphatic heterocycles. The van der Waals surface area contributed by atoms with Gasteiger partial charge in [0.1, 0.15) is 12.3 Å². The number of hydrogen-bond acceptors (Lipinski definition) is 4. The van der Waals surface area contributed by atoms with Gasteiger partial charge in [-0.2, -0.15) is 0 Å². The lowest BCUT2D eigenvalue weighted by molar-refractivity contribution is -0.256. The Labute approximate surface area is 202 Å². The minimum absolute atomic E-state index is 0.0963. The number of nitrogens with one attached hydrogen (secondary N) is 1. The van der Waals surface area contributed by atoms with Crippen molar-refractivity contribution in [3.63, 3.8) is 0 Å². The summed E-state index contributed by atoms with van der Waals surface area (Å²) in [5.74, 6) is 0.247. The van der Waals surface area contributed by atoms with E-state index in [-0.39, 0.29) is 24.2 Å². The van der Waals surface area contributed by atoms with Crippen LogP contribution in [-0.4, -0.2) is 41.2 Å². The van der Waals surface area contributed by atoms with Crippen LogP contribution < -0.4 is 5.32 Å². The quantitative estimate of drug-likeness (QED) is 0.387. The lowest BCUT2D eigenvalue weighted by Gasteiger charge is -2.48. The van der Waals surface area contributed by atoms with Crippen LogP contribution in [0.2, 0.25) is 0 Å². The first-order valence-corrected chi connectivity index (χ1v) is 12.5. The van der Waals surface area contributed by atoms with Gasteiger partial charge in [0.05, 0.1) is 22.1 Å². The first kappa shape index (κ1) is 20.0. The number of fused-ring (bicyclic) bond motifs is 13. The molecule has 4 atom stereocenters. The van der Waals surface area contributed by atoms with Gasteiger partial charge in [0.25, 0.3) is 0 Å². The SMILES string of the molecule is CN[C@H]1C[C@@H]2O[C@](C)([C@H]1OC)n1c3ccccc3c3c4c(c5c6ccccc6n2c5c31)CCC4=O. The van der Waals surface area contributed by atoms with E-state index in [2.05, 4.69) is 69.9 Å². The fourth-order valence-corrected chi connectivity index (χ4v) is 7.57. The molecular weight excluding hydrogens is 438 g/mol. The predicted octanol–water partition coefficient (Wildman–Crippen LogP) is 5.24. The number of likely N-dealkylation sites (N-methyl/N-ethyl adjacent to an activating group) is 1. The van der Waals surface area contributed by atoms with Gasteiger partial charge in [-0.3, -0.25) is 4.79 Å². The monoisotopic (exact) mass is 465 g/mol. The number of benzene rings is 3. The summed E-state index contributed by atoms with van der Waals surface area (Å²) in [5, 5.41) is 8.12. The van der Waals surface area contributed by atoms with Crippen molar-refractivity contribution in [1.82, 2.24) is 14.5 Å². The molecule has 2 bridgehead atoms. The Morgan fingerprint density at radius 2 is 1.71 bits per heavy atom. The Morgan fingerprint density at radius 3 is 2.46 bits per heavy atom. The number of Topliss-reactive ketones (excluding diaryl/α,β-unsaturated/α-hetero) is 1. The Kier molecular flexibility index (Phi) is 3.73. The van der Waals surface area contributed by atoms with Crippen LogP contribution in [0.3, 0.4) is 0 Å². The highest BCUT2D eigenvalue weighted by Crippen LogP contribution is 2.54. The van der Waals surface area contributed by atoms with Gasteiger partial charge in [-0.05, 0) is 38.1 Å². The van der Waals surface area contributed by atoms with Crippen molar-refractivity contribution in [1.29, 1.82) is 0 Å². The largest absolute Gasteiger partial charge is 0.375 e. The third-order valence-electron chi connectivity index (χ3n) is 8.82. The molecule has 8 rings (SSSR count). The zero-order chi connectivity index (χ0) is 23.6. The number of para-hydroxylation sites is 2. The third kappa shape index (κ3) is 2.16. The number of nitrogens with zero attached hydrogens (tertiary/aromatic N) is 2. The zero-order valence-electron chi connectivity index (χ0n) is 20.1. The van der Waals surface area contributed by atoms with E-state index in [1.54, 1.807) is 7.11 Å². The molecule has 3 aliphatic rings. The number of aryl methyl sites for hydroxylation is 1. The summed E-state index contributed by atoms with van der Waals surface area (Å²) in [6.07, 6.45) is 1.78. The van der Waals surface area contributed by atoms with Crippen LogP contribution in [0.4, 0.5) is 0 Å². The van der Waals surface area contributed by atoms with E-state index in [1.807, 2.05) is 7.05 Å². The molecule has 1 N–H and O–H groups in total. The molecular formula is C29H27N3O3. The summed E-state index contributed by atoms with van der Waals surface area (Å²) in [7, 11) is 3.78. The molecule has 5 aromatic rings. The van der Waals surface area contributed by atoms with Gasteiger partial charge in [-0.25, -0.2) is 0 Å². The summed E-state index contributed by atoms with van der Waals surface area (Å²) in [5.41, 5.74) is 5.86. The van der Waals surface area contributed by atoms with Crippen LogP contribution >= 0.6 is 0 Å². The van der Waals surface area contributed by atoms with Gasteiger partial charge in [-0.1, -0.05) is 36.4 Å². The average Bonchev–Trinajstić information content (AvgIpc) is 3.51. The number of carbonyl (C=O) groups is 1. The maximum Gasteiger partial charge on any atom is 0.173 e. The highest BCUT2D eigenvalue weighted by atomic mass is 16.6. The van der Waals surface area contributed by atoms with Crippen LogP contribution in [0.1, 0.15) is 41.9 Å². The summed E-state index contributed by atoms with van der Waals surface area (Å²) in [6.45, 7) is 2.15. The van der Waals surface area contributed by atoms with Gasteiger partial charge in [0, 0.05) is 53.1 Å². The van der Waals surface area contributed by atoms with Crippen LogP contribution in [-0.2, 0) is 21.6 Å². The number of rotatable bonds is 2. The Balaban J connectivity index is 1.72. The van der Waals surface area contributed by atoms with Gasteiger partial charge >= 0.3 is 0 Å². The summed E-state index contributed by atoms with van der Waals surface area (Å²) >= 11 is 0. The smallest absolute Gasteiger partial charge is 0.173 e. The second kappa shape index (κ2) is 6.52. The van der Waals surface area contributed by atoms with Gasteiger partial charge in [0.15, 0.2) is 11.5 Å². The number of methoxy groups -OCH3 is 1. The highest BCUT2D eigenvalue weighted by Gasteiger charge is 2.53. The molecule has 0 spiro atoms. The average molecular weight is 466 g/mol. The molecule has 0 unspecified atom stereocenters. The van der Waals surface area contributed by atoms with E-state index in [9.17, 15) is 4.79 Å². The van der Waals surface area contributed by atoms with E-state index >= 15 is 0 Å². The van der Waals surface area contributed by atoms with Crippen molar-refractivity contribution < 1.29 is 14.3 Å². The van der Waals surface area contributed by atoms with E-state index in [0.29, 0.717) is 6.42 Å². The summed E-state index contributed by atoms with van der Waals surface area (Å²) in [4.78, 5) is 13.5. The topological polar surface area (TPSA) is 57.4 Å². The standard InChI is InChI=1S/C29H27N3O3/c1-29-28(34-3)18(30-2)14-22(35-29)31-19-10-6-4-8-15(19)23-17-12-13-21(33)24(17)25-16-9-5-7-11-20(16)32(29)27(25)26(23)31/h4-11,18,22,28,30H,12-14H2,1-3H3/t18-,22-,28-,29+/m0/s1. The second-order valence-electron chi connectivity index (χ2n) is 10.4. The van der Waals surface area contributed by atoms with Crippen LogP contribution in [0, 0.1) is 0 Å². The summed E-state index contributed by atoms with van der Waals surface area (Å²) < 4.78 is 18.0. The lowest BCUT2D eigenvalue weighted by Crippen LogP contribution is -2.59. The lowest BCUT2D eigenvalue weighted by atomic mass is 9.93. The number of carbonyl (C=O) groups excluding carboxylic acids is 1. The number of ketones is 1. The molecule has 6 nitrogen and oxygen atoms in total. The van der Waals surface area contributed by atoms with Crippen molar-refractivity contribution in [3.05, 3.63) is 59.7 Å². The Hall–Kier alpha value is -3.19. The minimum Gasteiger partial charge on any atom is -0.375 e. The molecule has 176 valence electrons. The molecule has 1 fully saturated rings. The molecule has 0 radical (unpaired) electrons. The molecule has 1 aliphatic carbocycles. The molecule has 6 heteroatoms. The van der Waals surface area contributed by atoms with Gasteiger partial charge in [-0.15, -0.1) is 0 Å². The molecule has 4 heterocycles. The van der Waals surface area contributed by atoms with Crippen LogP contribution in [0.5, 0.6) is 0 Å². The number of aromatic nitrogens is 2. The van der Waals surface area contributed by atoms with Crippen molar-refractivity contribution in [3.8, 4) is 0 Å². The number of hydrogen-bond donors (Lipinski definition) is 1. The summed E-state index contributed by atoms with van der Waals surface area (Å²) in [6, 6.07) is 17.2. The van der Waals surface area contributed by atoms with Crippen molar-refractivity contribution in [2.24, 2.45) is 0 Å². The fourth-order valence-electron chi connectivity index (χ4n) is 7.57. The molecule has 0 amide bonds. The van der Waals surface area contributed by atoms with E-state index < -0.39 is 5.72 Å². The maximum atomic E-state index is 13.5. The van der Waals surface area contributed by atoms with Crippen LogP contribution in [0.15, 0.2) is 48.5 Å². The Morgan fingerprint density at radius 1 is 1.00 bits per heavy atom. The van der Waals surface area contributed by atoms with Crippen LogP contribution in [0.25, 0.3) is 43.6 Å². The molecule has 3 aromatic carbocycles. The third-order valence-corrected chi connectivity index (χ3v) is 8.82. The minimum atomic E-state index is -0.768. The van der Waals surface area contributed by atoms with Gasteiger partial charge < -0.3 is 23.9 Å². The predicted molar refractivity (Wildman–Crippen MR) is 137 cm³/mol. The van der Waals surface area contributed by atoms with Gasteiger partial charge in [0.2, 0.25) is 0 Å². The molecule has 35 heavy (non-hydrogen) atoms. The van der Waals surface area contributed by atoms with E-state index in [0.717, 1.165) is 45.7 Å². The maximum absolute atomic E-state index is 13.5. The molecule has 2 aromatic heterocycles. The van der Waals surface area contributed by atoms with Crippen molar-refractivity contribution >= 4 is 49.4 Å². The Bertz CT molecular complexity index is 1740. The molecule has 1 saturated heterocycles. The zero-order valence-corrected chi connectivity index (χ0v) is 20.1. The number of ether oxygens (including phenoxy) is 2. The first-order valence-electron chi connectivity index (χ1n) is 12.5. The van der Waals surface area contributed by atoms with E-state index in [4.69, 9.17) is 9.47 Å². The van der Waals surface area contributed by atoms with Crippen molar-refractivity contribution in [2.75, 3.05) is 14.2 Å². The normalized spacial score (nSPS) is 27.5. The second-order valence-corrected chi connectivity index (χ2v) is 10.4. The first-order chi connectivity index (χ1) is 17.1. The van der Waals surface area contributed by atoms with Crippen molar-refractivity contribution in [2.45, 2.75) is 50.3 Å². The highest BCUT2D eigenvalue weighted by molar-refractivity contribution is 6.31. The molecule has 0 saturated carbocycles.